The van der Waals surface area contributed by atoms with Gasteiger partial charge in [0.1, 0.15) is 0 Å². The van der Waals surface area contributed by atoms with Gasteiger partial charge in [0, 0.05) is 13.3 Å². The van der Waals surface area contributed by atoms with Crippen molar-refractivity contribution in [3.63, 3.8) is 0 Å². The third-order valence-corrected chi connectivity index (χ3v) is 2.65. The SMILES string of the molecule is C=CC(=C/C=C/C=N\C)/C=C(\C)CC(C)CC. The Hall–Kier alpha value is -1.37. The highest BCUT2D eigenvalue weighted by Crippen LogP contribution is 2.15. The van der Waals surface area contributed by atoms with Crippen molar-refractivity contribution in [3.8, 4) is 0 Å². The molecule has 0 aromatic heterocycles. The predicted octanol–water partition coefficient (Wildman–Crippen LogP) is 4.74. The molecular weight excluding hydrogens is 206 g/mol. The minimum absolute atomic E-state index is 0.750. The molecule has 0 rings (SSSR count). The molecule has 0 fully saturated rings. The van der Waals surface area contributed by atoms with Crippen molar-refractivity contribution in [3.05, 3.63) is 48.1 Å². The Morgan fingerprint density at radius 1 is 1.35 bits per heavy atom. The molecule has 1 nitrogen and oxygen atoms in total. The van der Waals surface area contributed by atoms with E-state index in [9.17, 15) is 0 Å². The molecule has 0 amide bonds. The van der Waals surface area contributed by atoms with Crippen LogP contribution in [0.2, 0.25) is 0 Å². The lowest BCUT2D eigenvalue weighted by Gasteiger charge is -2.08. The Labute approximate surface area is 106 Å². The smallest absolute Gasteiger partial charge is 0.0277 e. The first-order valence-corrected chi connectivity index (χ1v) is 6.22. The fourth-order valence-corrected chi connectivity index (χ4v) is 1.51. The van der Waals surface area contributed by atoms with Gasteiger partial charge >= 0.3 is 0 Å². The highest BCUT2D eigenvalue weighted by atomic mass is 14.6. The molecule has 1 atom stereocenters. The van der Waals surface area contributed by atoms with Gasteiger partial charge in [-0.3, -0.25) is 4.99 Å². The van der Waals surface area contributed by atoms with Crippen molar-refractivity contribution < 1.29 is 0 Å². The fourth-order valence-electron chi connectivity index (χ4n) is 1.51. The first kappa shape index (κ1) is 15.6. The molecule has 0 radical (unpaired) electrons. The third-order valence-electron chi connectivity index (χ3n) is 2.65. The summed E-state index contributed by atoms with van der Waals surface area (Å²) >= 11 is 0. The van der Waals surface area contributed by atoms with Gasteiger partial charge in [-0.1, -0.05) is 56.7 Å². The summed E-state index contributed by atoms with van der Waals surface area (Å²) < 4.78 is 0. The van der Waals surface area contributed by atoms with E-state index in [4.69, 9.17) is 0 Å². The minimum atomic E-state index is 0.750. The molecule has 0 aliphatic rings. The van der Waals surface area contributed by atoms with Crippen LogP contribution >= 0.6 is 0 Å². The molecule has 94 valence electrons. The Bertz CT molecular complexity index is 329. The second kappa shape index (κ2) is 9.83. The van der Waals surface area contributed by atoms with Gasteiger partial charge in [0.2, 0.25) is 0 Å². The number of nitrogens with zero attached hydrogens (tertiary/aromatic N) is 1. The topological polar surface area (TPSA) is 12.4 Å². The van der Waals surface area contributed by atoms with Gasteiger partial charge in [0.25, 0.3) is 0 Å². The Morgan fingerprint density at radius 2 is 2.06 bits per heavy atom. The molecule has 0 N–H and O–H groups in total. The van der Waals surface area contributed by atoms with Gasteiger partial charge in [0.05, 0.1) is 0 Å². The molecule has 0 spiro atoms. The van der Waals surface area contributed by atoms with E-state index in [1.54, 1.807) is 13.3 Å². The maximum atomic E-state index is 3.89. The average molecular weight is 231 g/mol. The van der Waals surface area contributed by atoms with Gasteiger partial charge in [-0.15, -0.1) is 0 Å². The summed E-state index contributed by atoms with van der Waals surface area (Å²) in [5.41, 5.74) is 2.55. The highest BCUT2D eigenvalue weighted by molar-refractivity contribution is 5.71. The van der Waals surface area contributed by atoms with E-state index >= 15 is 0 Å². The first-order chi connectivity index (χ1) is 8.13. The molecule has 0 aliphatic carbocycles. The summed E-state index contributed by atoms with van der Waals surface area (Å²) in [6, 6.07) is 0. The van der Waals surface area contributed by atoms with Crippen molar-refractivity contribution in [1.82, 2.24) is 0 Å². The molecule has 0 aromatic carbocycles. The van der Waals surface area contributed by atoms with E-state index in [2.05, 4.69) is 44.5 Å². The van der Waals surface area contributed by atoms with Crippen molar-refractivity contribution in [1.29, 1.82) is 0 Å². The summed E-state index contributed by atoms with van der Waals surface area (Å²) in [6.07, 6.45) is 14.2. The lowest BCUT2D eigenvalue weighted by Crippen LogP contribution is -1.92. The average Bonchev–Trinajstić information content (AvgIpc) is 2.32. The predicted molar refractivity (Wildman–Crippen MR) is 79.7 cm³/mol. The normalized spacial score (nSPS) is 15.8. The van der Waals surface area contributed by atoms with Crippen LogP contribution in [0.4, 0.5) is 0 Å². The van der Waals surface area contributed by atoms with E-state index in [-0.39, 0.29) is 0 Å². The summed E-state index contributed by atoms with van der Waals surface area (Å²) in [7, 11) is 1.76. The second-order valence-corrected chi connectivity index (χ2v) is 4.37. The van der Waals surface area contributed by atoms with E-state index in [1.165, 1.54) is 12.0 Å². The van der Waals surface area contributed by atoms with Gasteiger partial charge in [-0.05, 0) is 30.9 Å². The summed E-state index contributed by atoms with van der Waals surface area (Å²) in [6.45, 7) is 10.5. The van der Waals surface area contributed by atoms with Gasteiger partial charge in [-0.25, -0.2) is 0 Å². The van der Waals surface area contributed by atoms with Crippen molar-refractivity contribution in [2.75, 3.05) is 7.05 Å². The molecule has 1 unspecified atom stereocenters. The lowest BCUT2D eigenvalue weighted by molar-refractivity contribution is 0.557. The van der Waals surface area contributed by atoms with Crippen LogP contribution < -0.4 is 0 Å². The Balaban J connectivity index is 4.56. The second-order valence-electron chi connectivity index (χ2n) is 4.37. The van der Waals surface area contributed by atoms with Crippen molar-refractivity contribution in [2.45, 2.75) is 33.6 Å². The van der Waals surface area contributed by atoms with Crippen molar-refractivity contribution in [2.24, 2.45) is 10.9 Å². The third kappa shape index (κ3) is 8.44. The van der Waals surface area contributed by atoms with Crippen LogP contribution in [0.3, 0.4) is 0 Å². The largest absolute Gasteiger partial charge is 0.297 e. The van der Waals surface area contributed by atoms with E-state index in [0.29, 0.717) is 0 Å². The molecule has 0 saturated heterocycles. The molecule has 0 heterocycles. The summed E-state index contributed by atoms with van der Waals surface area (Å²) in [5, 5.41) is 0. The van der Waals surface area contributed by atoms with E-state index in [0.717, 1.165) is 17.9 Å². The van der Waals surface area contributed by atoms with Crippen LogP contribution in [0.15, 0.2) is 53.1 Å². The lowest BCUT2D eigenvalue weighted by atomic mass is 9.98. The number of hydrogen-bond acceptors (Lipinski definition) is 1. The minimum Gasteiger partial charge on any atom is -0.297 e. The van der Waals surface area contributed by atoms with Gasteiger partial charge in [0.15, 0.2) is 0 Å². The van der Waals surface area contributed by atoms with Gasteiger partial charge in [-0.2, -0.15) is 0 Å². The Kier molecular flexibility index (Phi) is 9.04. The van der Waals surface area contributed by atoms with E-state index in [1.807, 2.05) is 18.2 Å². The number of rotatable bonds is 7. The fraction of sp³-hybridized carbons (Fsp3) is 0.438. The summed E-state index contributed by atoms with van der Waals surface area (Å²) in [4.78, 5) is 3.89. The van der Waals surface area contributed by atoms with E-state index < -0.39 is 0 Å². The molecule has 17 heavy (non-hydrogen) atoms. The first-order valence-electron chi connectivity index (χ1n) is 6.22. The van der Waals surface area contributed by atoms with Crippen LogP contribution in [0.5, 0.6) is 0 Å². The maximum Gasteiger partial charge on any atom is 0.0277 e. The standard InChI is InChI=1S/C16H25N/c1-6-14(3)12-15(4)13-16(7-2)10-8-9-11-17-5/h7-11,13-14H,2,6,12H2,1,3-5H3/b9-8+,15-13+,16-10-,17-11-. The quantitative estimate of drug-likeness (QED) is 0.443. The summed E-state index contributed by atoms with van der Waals surface area (Å²) in [5.74, 6) is 0.750. The monoisotopic (exact) mass is 231 g/mol. The molecule has 1 heteroatoms. The maximum absolute atomic E-state index is 3.89. The zero-order valence-corrected chi connectivity index (χ0v) is 11.6. The zero-order valence-electron chi connectivity index (χ0n) is 11.6. The molecule has 0 bridgehead atoms. The van der Waals surface area contributed by atoms with Crippen molar-refractivity contribution >= 4 is 6.21 Å². The van der Waals surface area contributed by atoms with Crippen LogP contribution in [0, 0.1) is 5.92 Å². The van der Waals surface area contributed by atoms with Crippen LogP contribution in [-0.2, 0) is 0 Å². The molecule has 0 aliphatic heterocycles. The van der Waals surface area contributed by atoms with Crippen LogP contribution in [-0.4, -0.2) is 13.3 Å². The number of hydrogen-bond donors (Lipinski definition) is 0. The van der Waals surface area contributed by atoms with Gasteiger partial charge < -0.3 is 0 Å². The Morgan fingerprint density at radius 3 is 2.59 bits per heavy atom. The number of aliphatic imine (C=N–C) groups is 1. The molecule has 0 saturated carbocycles. The van der Waals surface area contributed by atoms with Crippen LogP contribution in [0.25, 0.3) is 0 Å². The highest BCUT2D eigenvalue weighted by Gasteiger charge is 1.99. The van der Waals surface area contributed by atoms with Crippen LogP contribution in [0.1, 0.15) is 33.6 Å². The number of allylic oxidation sites excluding steroid dienone is 7. The molecular formula is C16H25N. The molecule has 0 aromatic rings. The zero-order chi connectivity index (χ0) is 13.1.